The quantitative estimate of drug-likeness (QED) is 0.191. The van der Waals surface area contributed by atoms with E-state index in [9.17, 15) is 19.5 Å². The largest absolute Gasteiger partial charge is 0.472 e. The van der Waals surface area contributed by atoms with E-state index in [4.69, 9.17) is 23.4 Å². The number of allylic oxidation sites excluding steroid dienone is 2. The van der Waals surface area contributed by atoms with Crippen LogP contribution in [0.5, 0.6) is 0 Å². The molecule has 1 aromatic rings. The summed E-state index contributed by atoms with van der Waals surface area (Å²) in [5.74, 6) is -1.63. The average Bonchev–Trinajstić information content (AvgIpc) is 3.68. The molecule has 12 atom stereocenters. The fraction of sp³-hybridized carbons (Fsp3) is 0.694. The van der Waals surface area contributed by atoms with E-state index in [0.717, 1.165) is 12.0 Å². The van der Waals surface area contributed by atoms with E-state index in [1.165, 1.54) is 25.0 Å². The Bertz CT molecular complexity index is 1430. The third kappa shape index (κ3) is 4.66. The molecule has 6 rings (SSSR count). The highest BCUT2D eigenvalue weighted by molar-refractivity contribution is 5.87. The van der Waals surface area contributed by atoms with Gasteiger partial charge in [-0.2, -0.15) is 0 Å². The van der Waals surface area contributed by atoms with Crippen LogP contribution in [-0.4, -0.2) is 60.1 Å². The fourth-order valence-electron chi connectivity index (χ4n) is 10.8. The van der Waals surface area contributed by atoms with Crippen LogP contribution in [0.4, 0.5) is 0 Å². The molecule has 246 valence electrons. The van der Waals surface area contributed by atoms with Gasteiger partial charge in [-0.25, -0.2) is 4.79 Å². The van der Waals surface area contributed by atoms with Gasteiger partial charge in [0.2, 0.25) is 0 Å². The Morgan fingerprint density at radius 2 is 1.67 bits per heavy atom. The first kappa shape index (κ1) is 32.0. The molecule has 1 saturated heterocycles. The zero-order chi connectivity index (χ0) is 32.6. The number of furan rings is 1. The molecule has 45 heavy (non-hydrogen) atoms. The molecule has 1 aliphatic heterocycles. The van der Waals surface area contributed by atoms with Crippen molar-refractivity contribution >= 4 is 17.9 Å². The zero-order valence-corrected chi connectivity index (χ0v) is 27.8. The number of hydrogen-bond donors (Lipinski definition) is 1. The molecule has 0 radical (unpaired) electrons. The fourth-order valence-corrected chi connectivity index (χ4v) is 10.8. The van der Waals surface area contributed by atoms with Crippen LogP contribution in [0.1, 0.15) is 92.6 Å². The van der Waals surface area contributed by atoms with Gasteiger partial charge in [-0.05, 0) is 63.5 Å². The lowest BCUT2D eigenvalue weighted by molar-refractivity contribution is -0.260. The molecule has 0 bridgehead atoms. The molecule has 2 heterocycles. The summed E-state index contributed by atoms with van der Waals surface area (Å²) in [5, 5.41) is 11.8. The summed E-state index contributed by atoms with van der Waals surface area (Å²) in [6, 6.07) is 2.00. The summed E-state index contributed by atoms with van der Waals surface area (Å²) in [7, 11) is 0. The number of carbonyl (C=O) groups is 3. The second-order valence-corrected chi connectivity index (χ2v) is 15.0. The van der Waals surface area contributed by atoms with Gasteiger partial charge in [0.1, 0.15) is 18.3 Å². The molecular weight excluding hydrogens is 576 g/mol. The molecule has 0 amide bonds. The lowest BCUT2D eigenvalue weighted by atomic mass is 9.39. The minimum atomic E-state index is -0.762. The van der Waals surface area contributed by atoms with Crippen LogP contribution in [0.15, 0.2) is 45.8 Å². The number of esters is 3. The number of carbonyl (C=O) groups excluding carboxylic acids is 3. The van der Waals surface area contributed by atoms with E-state index in [1.54, 1.807) is 25.5 Å². The van der Waals surface area contributed by atoms with Gasteiger partial charge in [0.15, 0.2) is 0 Å². The van der Waals surface area contributed by atoms with E-state index in [-0.39, 0.29) is 23.7 Å². The third-order valence-electron chi connectivity index (χ3n) is 12.6. The number of rotatable bonds is 5. The van der Waals surface area contributed by atoms with Crippen LogP contribution in [0, 0.1) is 34.0 Å². The SMILES string of the molecule is C/C=C(\C)C(=O)O[C@@H]1[C@@H]2OC[C@]3(C)[C@H](OC(C)=O)C[C@H](OC(C)=O)[C@@](C)([C@@H]23)[C@H]2CC(O)C[C@H]3C[C@@H](c4ccoc4)C(C)=C3[C@]12C. The molecule has 3 saturated carbocycles. The van der Waals surface area contributed by atoms with Crippen LogP contribution in [0.3, 0.4) is 0 Å². The van der Waals surface area contributed by atoms with Crippen molar-refractivity contribution in [3.63, 3.8) is 0 Å². The van der Waals surface area contributed by atoms with Gasteiger partial charge in [-0.3, -0.25) is 9.59 Å². The summed E-state index contributed by atoms with van der Waals surface area (Å²) in [6.45, 7) is 15.3. The predicted octanol–water partition coefficient (Wildman–Crippen LogP) is 5.66. The Balaban J connectivity index is 1.61. The number of fused-ring (bicyclic) bond motifs is 4. The van der Waals surface area contributed by atoms with E-state index >= 15 is 0 Å². The smallest absolute Gasteiger partial charge is 0.333 e. The number of aliphatic hydroxyl groups excluding tert-OH is 1. The normalized spacial score (nSPS) is 43.9. The van der Waals surface area contributed by atoms with Crippen molar-refractivity contribution in [2.75, 3.05) is 6.61 Å². The lowest BCUT2D eigenvalue weighted by Gasteiger charge is -2.66. The van der Waals surface area contributed by atoms with Gasteiger partial charge in [0.25, 0.3) is 0 Å². The molecule has 1 aromatic heterocycles. The highest BCUT2D eigenvalue weighted by Crippen LogP contribution is 2.73. The molecule has 1 N–H and O–H groups in total. The van der Waals surface area contributed by atoms with Crippen molar-refractivity contribution in [2.24, 2.45) is 34.0 Å². The van der Waals surface area contributed by atoms with Gasteiger partial charge in [-0.15, -0.1) is 0 Å². The van der Waals surface area contributed by atoms with E-state index < -0.39 is 64.7 Å². The molecule has 0 spiro atoms. The molecular formula is C36H48O9. The van der Waals surface area contributed by atoms with Gasteiger partial charge in [0, 0.05) is 53.9 Å². The summed E-state index contributed by atoms with van der Waals surface area (Å²) >= 11 is 0. The minimum absolute atomic E-state index is 0.0522. The van der Waals surface area contributed by atoms with Crippen LogP contribution in [0.2, 0.25) is 0 Å². The predicted molar refractivity (Wildman–Crippen MR) is 164 cm³/mol. The zero-order valence-electron chi connectivity index (χ0n) is 27.8. The van der Waals surface area contributed by atoms with Crippen LogP contribution in [0.25, 0.3) is 0 Å². The Morgan fingerprint density at radius 1 is 0.978 bits per heavy atom. The maximum absolute atomic E-state index is 13.7. The van der Waals surface area contributed by atoms with E-state index in [0.29, 0.717) is 31.4 Å². The Labute approximate surface area is 265 Å². The maximum atomic E-state index is 13.7. The van der Waals surface area contributed by atoms with Gasteiger partial charge in [0.05, 0.1) is 31.3 Å². The summed E-state index contributed by atoms with van der Waals surface area (Å²) < 4.78 is 31.0. The highest BCUT2D eigenvalue weighted by Gasteiger charge is 2.77. The monoisotopic (exact) mass is 624 g/mol. The van der Waals surface area contributed by atoms with E-state index in [2.05, 4.69) is 27.7 Å². The summed E-state index contributed by atoms with van der Waals surface area (Å²) in [6.07, 6.45) is 4.35. The van der Waals surface area contributed by atoms with Crippen molar-refractivity contribution in [3.05, 3.63) is 47.0 Å². The third-order valence-corrected chi connectivity index (χ3v) is 12.6. The molecule has 0 aromatic carbocycles. The molecule has 9 nitrogen and oxygen atoms in total. The Morgan fingerprint density at radius 3 is 2.29 bits per heavy atom. The lowest BCUT2D eigenvalue weighted by Crippen LogP contribution is -2.72. The first-order valence-corrected chi connectivity index (χ1v) is 16.4. The van der Waals surface area contributed by atoms with Crippen molar-refractivity contribution in [3.8, 4) is 0 Å². The summed E-state index contributed by atoms with van der Waals surface area (Å²) in [4.78, 5) is 38.8. The average molecular weight is 625 g/mol. The van der Waals surface area contributed by atoms with Crippen LogP contribution >= 0.6 is 0 Å². The second kappa shape index (κ2) is 11.1. The Hall–Kier alpha value is -2.91. The number of aliphatic hydroxyl groups is 1. The van der Waals surface area contributed by atoms with Gasteiger partial charge < -0.3 is 28.5 Å². The van der Waals surface area contributed by atoms with Crippen molar-refractivity contribution < 1.29 is 42.9 Å². The Kier molecular flexibility index (Phi) is 7.91. The van der Waals surface area contributed by atoms with Crippen LogP contribution in [-0.2, 0) is 33.3 Å². The molecule has 5 aliphatic rings. The van der Waals surface area contributed by atoms with E-state index in [1.807, 2.05) is 13.0 Å². The number of ether oxygens (including phenoxy) is 4. The number of hydrogen-bond acceptors (Lipinski definition) is 9. The minimum Gasteiger partial charge on any atom is -0.472 e. The van der Waals surface area contributed by atoms with Crippen molar-refractivity contribution in [1.82, 2.24) is 0 Å². The maximum Gasteiger partial charge on any atom is 0.333 e. The molecule has 4 aliphatic carbocycles. The standard InChI is InChI=1S/C36H48O9/c1-9-18(2)33(40)45-32-30-31-34(6,17-42-30)27(43-20(4)37)15-28(44-21(5)38)35(31,7)26-14-24(39)12-23-13-25(22-10-11-41-16-22)19(3)29(23)36(26,32)8/h9-11,16,23-28,30-32,39H,12-15,17H2,1-8H3/b18-9+/t23-,24?,25+,26+,27+,28-,30+,31-,32+,34+,35-,36+/m0/s1. The summed E-state index contributed by atoms with van der Waals surface area (Å²) in [5.41, 5.74) is 1.88. The van der Waals surface area contributed by atoms with Gasteiger partial charge in [-0.1, -0.05) is 38.0 Å². The first-order valence-electron chi connectivity index (χ1n) is 16.4. The first-order chi connectivity index (χ1) is 21.2. The highest BCUT2D eigenvalue weighted by atomic mass is 16.6. The van der Waals surface area contributed by atoms with Crippen LogP contribution < -0.4 is 0 Å². The van der Waals surface area contributed by atoms with Crippen molar-refractivity contribution in [1.29, 1.82) is 0 Å². The molecule has 1 unspecified atom stereocenters. The second-order valence-electron chi connectivity index (χ2n) is 15.0. The van der Waals surface area contributed by atoms with Gasteiger partial charge >= 0.3 is 17.9 Å². The molecule has 4 fully saturated rings. The van der Waals surface area contributed by atoms with Crippen molar-refractivity contribution in [2.45, 2.75) is 118 Å². The topological polar surface area (TPSA) is 122 Å². The molecule has 9 heteroatoms.